The van der Waals surface area contributed by atoms with Crippen LogP contribution in [0.25, 0.3) is 10.6 Å². The lowest BCUT2D eigenvalue weighted by Gasteiger charge is -2.02. The number of alkyl halides is 1. The standard InChI is InChI=1S/C16H12BrN3OS/c17-10-12-14(15(21)20-13-8-4-5-9-18-13)22-16(19-12)11-6-2-1-3-7-11/h1-9H,10H2,(H,18,20,21). The highest BCUT2D eigenvalue weighted by molar-refractivity contribution is 9.08. The second-order valence-corrected chi connectivity index (χ2v) is 6.02. The Balaban J connectivity index is 1.90. The van der Waals surface area contributed by atoms with E-state index in [0.29, 0.717) is 16.0 Å². The number of hydrogen-bond donors (Lipinski definition) is 1. The highest BCUT2D eigenvalue weighted by Crippen LogP contribution is 2.29. The van der Waals surface area contributed by atoms with Gasteiger partial charge in [0.05, 0.1) is 5.69 Å². The summed E-state index contributed by atoms with van der Waals surface area (Å²) in [5.41, 5.74) is 1.74. The van der Waals surface area contributed by atoms with Crippen LogP contribution in [0.2, 0.25) is 0 Å². The smallest absolute Gasteiger partial charge is 0.268 e. The number of nitrogens with one attached hydrogen (secondary N) is 1. The van der Waals surface area contributed by atoms with Crippen LogP contribution in [-0.2, 0) is 5.33 Å². The van der Waals surface area contributed by atoms with Crippen molar-refractivity contribution >= 4 is 39.0 Å². The first-order valence-corrected chi connectivity index (χ1v) is 8.55. The first kappa shape index (κ1) is 14.9. The number of rotatable bonds is 4. The maximum atomic E-state index is 12.4. The van der Waals surface area contributed by atoms with Gasteiger partial charge >= 0.3 is 0 Å². The zero-order chi connectivity index (χ0) is 15.4. The van der Waals surface area contributed by atoms with Crippen molar-refractivity contribution < 1.29 is 4.79 Å². The number of benzene rings is 1. The summed E-state index contributed by atoms with van der Waals surface area (Å²) in [4.78, 5) is 21.7. The van der Waals surface area contributed by atoms with Gasteiger partial charge in [-0.15, -0.1) is 11.3 Å². The lowest BCUT2D eigenvalue weighted by Crippen LogP contribution is -2.12. The maximum absolute atomic E-state index is 12.4. The molecule has 110 valence electrons. The van der Waals surface area contributed by atoms with Gasteiger partial charge in [-0.2, -0.15) is 0 Å². The second-order valence-electron chi connectivity index (χ2n) is 4.46. The zero-order valence-electron chi connectivity index (χ0n) is 11.5. The number of halogens is 1. The highest BCUT2D eigenvalue weighted by atomic mass is 79.9. The average molecular weight is 374 g/mol. The molecule has 3 rings (SSSR count). The van der Waals surface area contributed by atoms with Crippen LogP contribution in [-0.4, -0.2) is 15.9 Å². The van der Waals surface area contributed by atoms with Gasteiger partial charge in [-0.1, -0.05) is 52.3 Å². The minimum Gasteiger partial charge on any atom is -0.306 e. The molecule has 4 nitrogen and oxygen atoms in total. The maximum Gasteiger partial charge on any atom is 0.268 e. The second kappa shape index (κ2) is 6.81. The molecule has 0 bridgehead atoms. The van der Waals surface area contributed by atoms with Gasteiger partial charge in [-0.05, 0) is 12.1 Å². The summed E-state index contributed by atoms with van der Waals surface area (Å²) in [6.45, 7) is 0. The molecule has 0 aliphatic heterocycles. The van der Waals surface area contributed by atoms with Gasteiger partial charge in [0.1, 0.15) is 15.7 Å². The summed E-state index contributed by atoms with van der Waals surface area (Å²) in [5.74, 6) is 0.343. The molecule has 0 saturated heterocycles. The number of thiazole rings is 1. The van der Waals surface area contributed by atoms with Crippen LogP contribution < -0.4 is 5.32 Å². The fraction of sp³-hybridized carbons (Fsp3) is 0.0625. The minimum atomic E-state index is -0.187. The molecule has 22 heavy (non-hydrogen) atoms. The van der Waals surface area contributed by atoms with Gasteiger partial charge in [0.15, 0.2) is 0 Å². The topological polar surface area (TPSA) is 54.9 Å². The molecule has 0 radical (unpaired) electrons. The fourth-order valence-corrected chi connectivity index (χ4v) is 3.51. The van der Waals surface area contributed by atoms with E-state index in [1.165, 1.54) is 11.3 Å². The van der Waals surface area contributed by atoms with E-state index in [4.69, 9.17) is 0 Å². The van der Waals surface area contributed by atoms with E-state index >= 15 is 0 Å². The van der Waals surface area contributed by atoms with Crippen LogP contribution in [0.15, 0.2) is 54.7 Å². The molecular formula is C16H12BrN3OS. The molecule has 0 aliphatic rings. The van der Waals surface area contributed by atoms with E-state index in [2.05, 4.69) is 31.2 Å². The number of pyridine rings is 1. The Morgan fingerprint density at radius 3 is 2.59 bits per heavy atom. The van der Waals surface area contributed by atoms with Crippen molar-refractivity contribution in [3.8, 4) is 10.6 Å². The van der Waals surface area contributed by atoms with E-state index in [0.717, 1.165) is 16.3 Å². The van der Waals surface area contributed by atoms with Crippen LogP contribution in [0.1, 0.15) is 15.4 Å². The third kappa shape index (κ3) is 3.23. The van der Waals surface area contributed by atoms with Gasteiger partial charge in [0, 0.05) is 17.1 Å². The summed E-state index contributed by atoms with van der Waals surface area (Å²) >= 11 is 4.78. The van der Waals surface area contributed by atoms with Gasteiger partial charge in [-0.3, -0.25) is 4.79 Å². The molecule has 2 heterocycles. The summed E-state index contributed by atoms with van der Waals surface area (Å²) in [5, 5.41) is 4.16. The van der Waals surface area contributed by atoms with Gasteiger partial charge < -0.3 is 5.32 Å². The van der Waals surface area contributed by atoms with Gasteiger partial charge in [0.25, 0.3) is 5.91 Å². The largest absolute Gasteiger partial charge is 0.306 e. The number of carbonyl (C=O) groups excluding carboxylic acids is 1. The number of amides is 1. The predicted octanol–water partition coefficient (Wildman–Crippen LogP) is 4.35. The Morgan fingerprint density at radius 2 is 1.91 bits per heavy atom. The minimum absolute atomic E-state index is 0.187. The van der Waals surface area contributed by atoms with Crippen LogP contribution in [0, 0.1) is 0 Å². The summed E-state index contributed by atoms with van der Waals surface area (Å²) < 4.78 is 0. The normalized spacial score (nSPS) is 10.4. The average Bonchev–Trinajstić information content (AvgIpc) is 3.01. The van der Waals surface area contributed by atoms with Crippen molar-refractivity contribution in [2.24, 2.45) is 0 Å². The van der Waals surface area contributed by atoms with Crippen molar-refractivity contribution in [1.82, 2.24) is 9.97 Å². The Labute approximate surface area is 140 Å². The van der Waals surface area contributed by atoms with E-state index in [9.17, 15) is 4.79 Å². The molecule has 1 amide bonds. The molecule has 3 aromatic rings. The molecule has 6 heteroatoms. The van der Waals surface area contributed by atoms with Gasteiger partial charge in [0.2, 0.25) is 0 Å². The number of hydrogen-bond acceptors (Lipinski definition) is 4. The monoisotopic (exact) mass is 373 g/mol. The summed E-state index contributed by atoms with van der Waals surface area (Å²) in [6, 6.07) is 15.2. The first-order valence-electron chi connectivity index (χ1n) is 6.61. The van der Waals surface area contributed by atoms with Crippen LogP contribution >= 0.6 is 27.3 Å². The molecule has 0 spiro atoms. The van der Waals surface area contributed by atoms with E-state index in [-0.39, 0.29) is 5.91 Å². The third-order valence-electron chi connectivity index (χ3n) is 2.96. The van der Waals surface area contributed by atoms with E-state index in [1.807, 2.05) is 36.4 Å². The van der Waals surface area contributed by atoms with Crippen molar-refractivity contribution in [3.63, 3.8) is 0 Å². The fourth-order valence-electron chi connectivity index (χ4n) is 1.93. The van der Waals surface area contributed by atoms with Crippen molar-refractivity contribution in [2.75, 3.05) is 5.32 Å². The Hall–Kier alpha value is -2.05. The van der Waals surface area contributed by atoms with Crippen molar-refractivity contribution in [1.29, 1.82) is 0 Å². The highest BCUT2D eigenvalue weighted by Gasteiger charge is 2.18. The SMILES string of the molecule is O=C(Nc1ccccn1)c1sc(-c2ccccc2)nc1CBr. The molecule has 1 N–H and O–H groups in total. The summed E-state index contributed by atoms with van der Waals surface area (Å²) in [6.07, 6.45) is 1.64. The molecule has 2 aromatic heterocycles. The molecule has 0 atom stereocenters. The first-order chi connectivity index (χ1) is 10.8. The van der Waals surface area contributed by atoms with Crippen LogP contribution in [0.3, 0.4) is 0 Å². The lowest BCUT2D eigenvalue weighted by molar-refractivity contribution is 0.102. The summed E-state index contributed by atoms with van der Waals surface area (Å²) in [7, 11) is 0. The number of nitrogens with zero attached hydrogens (tertiary/aromatic N) is 2. The van der Waals surface area contributed by atoms with Gasteiger partial charge in [-0.25, -0.2) is 9.97 Å². The van der Waals surface area contributed by atoms with E-state index in [1.54, 1.807) is 18.3 Å². The Morgan fingerprint density at radius 1 is 1.14 bits per heavy atom. The number of carbonyl (C=O) groups is 1. The molecular weight excluding hydrogens is 362 g/mol. The number of aromatic nitrogens is 2. The van der Waals surface area contributed by atoms with Crippen molar-refractivity contribution in [2.45, 2.75) is 5.33 Å². The molecule has 0 unspecified atom stereocenters. The molecule has 0 aliphatic carbocycles. The predicted molar refractivity (Wildman–Crippen MR) is 92.4 cm³/mol. The molecule has 0 saturated carbocycles. The molecule has 1 aromatic carbocycles. The lowest BCUT2D eigenvalue weighted by atomic mass is 10.2. The van der Waals surface area contributed by atoms with Crippen LogP contribution in [0.5, 0.6) is 0 Å². The molecule has 0 fully saturated rings. The zero-order valence-corrected chi connectivity index (χ0v) is 13.9. The Kier molecular flexibility index (Phi) is 4.60. The quantitative estimate of drug-likeness (QED) is 0.691. The van der Waals surface area contributed by atoms with Crippen LogP contribution in [0.4, 0.5) is 5.82 Å². The Bertz CT molecular complexity index is 775. The third-order valence-corrected chi connectivity index (χ3v) is 4.63. The number of anilines is 1. The van der Waals surface area contributed by atoms with E-state index < -0.39 is 0 Å². The van der Waals surface area contributed by atoms with Crippen molar-refractivity contribution in [3.05, 3.63) is 65.3 Å².